The Morgan fingerprint density at radius 1 is 1.17 bits per heavy atom. The Morgan fingerprint density at radius 2 is 1.90 bits per heavy atom. The van der Waals surface area contributed by atoms with E-state index in [0.29, 0.717) is 18.0 Å². The van der Waals surface area contributed by atoms with Gasteiger partial charge in [-0.25, -0.2) is 5.43 Å². The van der Waals surface area contributed by atoms with E-state index in [4.69, 9.17) is 9.47 Å². The minimum atomic E-state index is -0.745. The maximum absolute atomic E-state index is 12.4. The number of hydrogen-bond acceptors (Lipinski definition) is 5. The van der Waals surface area contributed by atoms with Gasteiger partial charge in [0.25, 0.3) is 5.91 Å². The molecule has 0 bridgehead atoms. The molecule has 7 nitrogen and oxygen atoms in total. The number of amides is 1. The number of para-hydroxylation sites is 2. The Labute approximate surface area is 169 Å². The predicted molar refractivity (Wildman–Crippen MR) is 109 cm³/mol. The molecule has 3 aromatic rings. The van der Waals surface area contributed by atoms with Crippen molar-refractivity contribution in [2.75, 3.05) is 6.61 Å². The maximum atomic E-state index is 12.4. The fourth-order valence-electron chi connectivity index (χ4n) is 3.19. The molecule has 1 aliphatic rings. The third kappa shape index (κ3) is 4.13. The van der Waals surface area contributed by atoms with Crippen molar-refractivity contribution < 1.29 is 14.3 Å². The van der Waals surface area contributed by atoms with E-state index in [-0.39, 0.29) is 12.5 Å². The normalized spacial score (nSPS) is 15.4. The summed E-state index contributed by atoms with van der Waals surface area (Å²) in [4.78, 5) is 12.4. The van der Waals surface area contributed by atoms with E-state index in [2.05, 4.69) is 27.8 Å². The molecule has 0 aliphatic carbocycles. The number of benzene rings is 2. The number of hydrogen-bond donors (Lipinski definition) is 1. The molecule has 2 heterocycles. The Bertz CT molecular complexity index is 1040. The van der Waals surface area contributed by atoms with Gasteiger partial charge in [0, 0.05) is 11.3 Å². The van der Waals surface area contributed by atoms with Gasteiger partial charge >= 0.3 is 0 Å². The first kappa shape index (κ1) is 18.7. The first-order chi connectivity index (χ1) is 14.1. The van der Waals surface area contributed by atoms with E-state index < -0.39 is 6.10 Å². The van der Waals surface area contributed by atoms with Crippen molar-refractivity contribution in [2.24, 2.45) is 5.10 Å². The summed E-state index contributed by atoms with van der Waals surface area (Å²) >= 11 is 0. The number of ether oxygens (including phenoxy) is 2. The van der Waals surface area contributed by atoms with Gasteiger partial charge in [-0.15, -0.1) is 0 Å². The molecule has 0 saturated carbocycles. The zero-order valence-corrected chi connectivity index (χ0v) is 16.3. The molecule has 1 atom stereocenters. The van der Waals surface area contributed by atoms with E-state index in [0.717, 1.165) is 17.0 Å². The Hall–Kier alpha value is -3.61. The Morgan fingerprint density at radius 3 is 2.69 bits per heavy atom. The number of aromatic nitrogens is 2. The lowest BCUT2D eigenvalue weighted by Crippen LogP contribution is -2.42. The fraction of sp³-hybridized carbons (Fsp3) is 0.227. The van der Waals surface area contributed by atoms with Gasteiger partial charge in [-0.3, -0.25) is 9.48 Å². The van der Waals surface area contributed by atoms with Crippen molar-refractivity contribution in [1.82, 2.24) is 15.2 Å². The summed E-state index contributed by atoms with van der Waals surface area (Å²) in [5.74, 6) is 0.830. The summed E-state index contributed by atoms with van der Waals surface area (Å²) in [5, 5.41) is 8.69. The van der Waals surface area contributed by atoms with Gasteiger partial charge in [0.1, 0.15) is 6.61 Å². The fourth-order valence-corrected chi connectivity index (χ4v) is 3.19. The highest BCUT2D eigenvalue weighted by Crippen LogP contribution is 2.30. The molecule has 1 aliphatic heterocycles. The van der Waals surface area contributed by atoms with Crippen LogP contribution in [0.1, 0.15) is 22.5 Å². The molecule has 1 aromatic heterocycles. The van der Waals surface area contributed by atoms with Crippen molar-refractivity contribution >= 4 is 12.1 Å². The van der Waals surface area contributed by atoms with Crippen LogP contribution in [0.4, 0.5) is 0 Å². The highest BCUT2D eigenvalue weighted by Gasteiger charge is 2.27. The minimum absolute atomic E-state index is 0.144. The molecule has 0 fully saturated rings. The molecule has 29 heavy (non-hydrogen) atoms. The predicted octanol–water partition coefficient (Wildman–Crippen LogP) is 2.84. The second kappa shape index (κ2) is 8.18. The number of fused-ring (bicyclic) bond motifs is 1. The molecule has 148 valence electrons. The van der Waals surface area contributed by atoms with Crippen molar-refractivity contribution in [3.05, 3.63) is 77.1 Å². The summed E-state index contributed by atoms with van der Waals surface area (Å²) in [6, 6.07) is 17.4. The summed E-state index contributed by atoms with van der Waals surface area (Å²) in [6.45, 7) is 4.74. The third-order valence-corrected chi connectivity index (χ3v) is 4.78. The topological polar surface area (TPSA) is 77.7 Å². The molecule has 0 unspecified atom stereocenters. The van der Waals surface area contributed by atoms with Crippen LogP contribution in [0, 0.1) is 13.8 Å². The highest BCUT2D eigenvalue weighted by molar-refractivity contribution is 5.86. The standard InChI is InChI=1S/C22H22N4O3/c1-15-18(16(2)26(25-15)13-17-8-4-3-5-9-17)12-23-24-22(27)21-14-28-19-10-6-7-11-20(19)29-21/h3-12,21H,13-14H2,1-2H3,(H,24,27)/b23-12-/t21-/m0/s1. The summed E-state index contributed by atoms with van der Waals surface area (Å²) in [5.41, 5.74) is 6.42. The van der Waals surface area contributed by atoms with Gasteiger partial charge in [-0.05, 0) is 31.5 Å². The smallest absolute Gasteiger partial charge is 0.284 e. The van der Waals surface area contributed by atoms with Gasteiger partial charge < -0.3 is 9.47 Å². The van der Waals surface area contributed by atoms with Crippen molar-refractivity contribution in [1.29, 1.82) is 0 Å². The van der Waals surface area contributed by atoms with Crippen molar-refractivity contribution in [3.63, 3.8) is 0 Å². The molecule has 1 amide bonds. The maximum Gasteiger partial charge on any atom is 0.284 e. The van der Waals surface area contributed by atoms with Crippen LogP contribution in [0.15, 0.2) is 59.7 Å². The van der Waals surface area contributed by atoms with Crippen LogP contribution in [0.3, 0.4) is 0 Å². The van der Waals surface area contributed by atoms with E-state index >= 15 is 0 Å². The van der Waals surface area contributed by atoms with Crippen LogP contribution >= 0.6 is 0 Å². The van der Waals surface area contributed by atoms with Crippen LogP contribution in [0.25, 0.3) is 0 Å². The summed E-state index contributed by atoms with van der Waals surface area (Å²) in [6.07, 6.45) is 0.874. The Kier molecular flexibility index (Phi) is 5.29. The van der Waals surface area contributed by atoms with Crippen LogP contribution in [0.5, 0.6) is 11.5 Å². The highest BCUT2D eigenvalue weighted by atomic mass is 16.6. The van der Waals surface area contributed by atoms with Gasteiger partial charge in [0.2, 0.25) is 6.10 Å². The Balaban J connectivity index is 1.40. The van der Waals surface area contributed by atoms with Crippen LogP contribution in [-0.2, 0) is 11.3 Å². The molecule has 2 aromatic carbocycles. The SMILES string of the molecule is Cc1nn(Cc2ccccc2)c(C)c1/C=N\NC(=O)[C@@H]1COc2ccccc2O1. The number of rotatable bonds is 5. The number of hydrazone groups is 1. The average molecular weight is 390 g/mol. The molecular weight excluding hydrogens is 368 g/mol. The van der Waals surface area contributed by atoms with Gasteiger partial charge in [0.05, 0.1) is 18.5 Å². The molecule has 0 saturated heterocycles. The van der Waals surface area contributed by atoms with Crippen molar-refractivity contribution in [3.8, 4) is 11.5 Å². The molecule has 4 rings (SSSR count). The van der Waals surface area contributed by atoms with Gasteiger partial charge in [0.15, 0.2) is 11.5 Å². The first-order valence-electron chi connectivity index (χ1n) is 9.41. The van der Waals surface area contributed by atoms with E-state index in [1.54, 1.807) is 18.3 Å². The monoisotopic (exact) mass is 390 g/mol. The number of nitrogens with one attached hydrogen (secondary N) is 1. The molecule has 0 spiro atoms. The summed E-state index contributed by atoms with van der Waals surface area (Å²) < 4.78 is 13.2. The number of carbonyl (C=O) groups is 1. The summed E-state index contributed by atoms with van der Waals surface area (Å²) in [7, 11) is 0. The quantitative estimate of drug-likeness (QED) is 0.537. The molecule has 7 heteroatoms. The largest absolute Gasteiger partial charge is 0.485 e. The molecule has 0 radical (unpaired) electrons. The van der Waals surface area contributed by atoms with Crippen LogP contribution < -0.4 is 14.9 Å². The van der Waals surface area contributed by atoms with Crippen molar-refractivity contribution in [2.45, 2.75) is 26.5 Å². The van der Waals surface area contributed by atoms with E-state index in [9.17, 15) is 4.79 Å². The van der Waals surface area contributed by atoms with E-state index in [1.807, 2.05) is 48.9 Å². The lowest BCUT2D eigenvalue weighted by Gasteiger charge is -2.24. The number of nitrogens with zero attached hydrogens (tertiary/aromatic N) is 3. The third-order valence-electron chi connectivity index (χ3n) is 4.78. The number of aryl methyl sites for hydroxylation is 1. The molecular formula is C22H22N4O3. The second-order valence-electron chi connectivity index (χ2n) is 6.83. The number of carbonyl (C=O) groups excluding carboxylic acids is 1. The minimum Gasteiger partial charge on any atom is -0.485 e. The zero-order chi connectivity index (χ0) is 20.2. The lowest BCUT2D eigenvalue weighted by atomic mass is 10.2. The van der Waals surface area contributed by atoms with Gasteiger partial charge in [-0.1, -0.05) is 42.5 Å². The van der Waals surface area contributed by atoms with E-state index in [1.165, 1.54) is 5.56 Å². The van der Waals surface area contributed by atoms with Crippen LogP contribution in [-0.4, -0.2) is 34.6 Å². The lowest BCUT2D eigenvalue weighted by molar-refractivity contribution is -0.130. The van der Waals surface area contributed by atoms with Gasteiger partial charge in [-0.2, -0.15) is 10.2 Å². The first-order valence-corrected chi connectivity index (χ1v) is 9.41. The molecule has 1 N–H and O–H groups in total. The zero-order valence-electron chi connectivity index (χ0n) is 16.3. The van der Waals surface area contributed by atoms with Crippen LogP contribution in [0.2, 0.25) is 0 Å². The average Bonchev–Trinajstić information content (AvgIpc) is 3.01. The second-order valence-corrected chi connectivity index (χ2v) is 6.83.